The first-order chi connectivity index (χ1) is 10.2. The van der Waals surface area contributed by atoms with Crippen molar-refractivity contribution in [1.29, 1.82) is 0 Å². The van der Waals surface area contributed by atoms with Crippen LogP contribution in [0, 0.1) is 0 Å². The standard InChI is InChI=1S/C16H24N2O3/c1-19-12-8-14(20-2)16(15(9-12)21-3)13(10-17)18-11-6-4-5-7-11/h4-5,8-9,11,13,18H,6-7,10,17H2,1-3H3. The van der Waals surface area contributed by atoms with E-state index in [2.05, 4.69) is 17.5 Å². The number of hydrogen-bond acceptors (Lipinski definition) is 5. The number of benzene rings is 1. The Morgan fingerprint density at radius 1 is 1.10 bits per heavy atom. The van der Waals surface area contributed by atoms with Crippen LogP contribution < -0.4 is 25.3 Å². The van der Waals surface area contributed by atoms with E-state index in [9.17, 15) is 0 Å². The minimum absolute atomic E-state index is 0.0225. The molecule has 0 heterocycles. The second-order valence-electron chi connectivity index (χ2n) is 5.04. The van der Waals surface area contributed by atoms with Gasteiger partial charge in [0.05, 0.1) is 32.9 Å². The Labute approximate surface area is 126 Å². The maximum absolute atomic E-state index is 5.98. The van der Waals surface area contributed by atoms with E-state index in [1.54, 1.807) is 21.3 Å². The molecular formula is C16H24N2O3. The van der Waals surface area contributed by atoms with Crippen molar-refractivity contribution < 1.29 is 14.2 Å². The van der Waals surface area contributed by atoms with Gasteiger partial charge in [-0.1, -0.05) is 12.2 Å². The lowest BCUT2D eigenvalue weighted by atomic mass is 10.0. The second-order valence-corrected chi connectivity index (χ2v) is 5.04. The Kier molecular flexibility index (Phi) is 5.47. The van der Waals surface area contributed by atoms with Gasteiger partial charge >= 0.3 is 0 Å². The van der Waals surface area contributed by atoms with Crippen molar-refractivity contribution >= 4 is 0 Å². The summed E-state index contributed by atoms with van der Waals surface area (Å²) in [5.74, 6) is 2.14. The largest absolute Gasteiger partial charge is 0.496 e. The highest BCUT2D eigenvalue weighted by Crippen LogP contribution is 2.38. The van der Waals surface area contributed by atoms with Crippen LogP contribution in [-0.2, 0) is 0 Å². The molecule has 1 aliphatic rings. The van der Waals surface area contributed by atoms with Crippen molar-refractivity contribution in [2.75, 3.05) is 27.9 Å². The Bertz CT molecular complexity index is 469. The van der Waals surface area contributed by atoms with Crippen molar-refractivity contribution in [3.8, 4) is 17.2 Å². The van der Waals surface area contributed by atoms with E-state index >= 15 is 0 Å². The molecule has 0 fully saturated rings. The fourth-order valence-corrected chi connectivity index (χ4v) is 2.68. The summed E-state index contributed by atoms with van der Waals surface area (Å²) in [6.45, 7) is 0.468. The van der Waals surface area contributed by atoms with Gasteiger partial charge in [-0.2, -0.15) is 0 Å². The summed E-state index contributed by atoms with van der Waals surface area (Å²) in [6.07, 6.45) is 6.43. The summed E-state index contributed by atoms with van der Waals surface area (Å²) < 4.78 is 16.3. The third kappa shape index (κ3) is 3.49. The summed E-state index contributed by atoms with van der Waals surface area (Å²) in [7, 11) is 4.90. The average molecular weight is 292 g/mol. The second kappa shape index (κ2) is 7.33. The molecule has 116 valence electrons. The zero-order chi connectivity index (χ0) is 15.2. The van der Waals surface area contributed by atoms with Gasteiger partial charge in [-0.15, -0.1) is 0 Å². The van der Waals surface area contributed by atoms with Gasteiger partial charge in [-0.3, -0.25) is 0 Å². The molecule has 0 aliphatic heterocycles. The van der Waals surface area contributed by atoms with Gasteiger partial charge in [0.15, 0.2) is 0 Å². The van der Waals surface area contributed by atoms with E-state index in [4.69, 9.17) is 19.9 Å². The Balaban J connectivity index is 2.33. The lowest BCUT2D eigenvalue weighted by Gasteiger charge is -2.25. The van der Waals surface area contributed by atoms with E-state index in [-0.39, 0.29) is 6.04 Å². The monoisotopic (exact) mass is 292 g/mol. The number of ether oxygens (including phenoxy) is 3. The molecule has 3 N–H and O–H groups in total. The third-order valence-corrected chi connectivity index (χ3v) is 3.78. The zero-order valence-electron chi connectivity index (χ0n) is 12.9. The van der Waals surface area contributed by atoms with Gasteiger partial charge in [0.25, 0.3) is 0 Å². The van der Waals surface area contributed by atoms with E-state index in [0.29, 0.717) is 18.3 Å². The van der Waals surface area contributed by atoms with E-state index < -0.39 is 0 Å². The van der Waals surface area contributed by atoms with E-state index in [0.717, 1.165) is 29.9 Å². The molecule has 2 rings (SSSR count). The van der Waals surface area contributed by atoms with Crippen LogP contribution in [-0.4, -0.2) is 33.9 Å². The highest BCUT2D eigenvalue weighted by atomic mass is 16.5. The molecule has 1 aliphatic carbocycles. The lowest BCUT2D eigenvalue weighted by Crippen LogP contribution is -2.35. The molecule has 0 saturated carbocycles. The molecule has 0 radical (unpaired) electrons. The van der Waals surface area contributed by atoms with Crippen LogP contribution in [0.3, 0.4) is 0 Å². The van der Waals surface area contributed by atoms with Gasteiger partial charge in [-0.05, 0) is 12.8 Å². The maximum atomic E-state index is 5.98. The zero-order valence-corrected chi connectivity index (χ0v) is 12.9. The van der Waals surface area contributed by atoms with Crippen LogP contribution >= 0.6 is 0 Å². The molecule has 0 amide bonds. The average Bonchev–Trinajstić information content (AvgIpc) is 3.04. The van der Waals surface area contributed by atoms with Crippen LogP contribution in [0.15, 0.2) is 24.3 Å². The highest BCUT2D eigenvalue weighted by molar-refractivity contribution is 5.52. The Morgan fingerprint density at radius 3 is 2.10 bits per heavy atom. The van der Waals surface area contributed by atoms with Gasteiger partial charge in [-0.25, -0.2) is 0 Å². The van der Waals surface area contributed by atoms with Crippen molar-refractivity contribution in [3.05, 3.63) is 29.8 Å². The normalized spacial score (nSPS) is 16.0. The minimum atomic E-state index is -0.0225. The molecule has 1 unspecified atom stereocenters. The number of hydrogen-bond donors (Lipinski definition) is 2. The SMILES string of the molecule is COc1cc(OC)c(C(CN)NC2CC=CC2)c(OC)c1. The van der Waals surface area contributed by atoms with Crippen molar-refractivity contribution in [1.82, 2.24) is 5.32 Å². The van der Waals surface area contributed by atoms with Crippen LogP contribution in [0.4, 0.5) is 0 Å². The van der Waals surface area contributed by atoms with Gasteiger partial charge in [0.2, 0.25) is 0 Å². The third-order valence-electron chi connectivity index (χ3n) is 3.78. The summed E-state index contributed by atoms with van der Waals surface area (Å²) in [5, 5.41) is 3.58. The predicted octanol–water partition coefficient (Wildman–Crippen LogP) is 2.02. The lowest BCUT2D eigenvalue weighted by molar-refractivity contribution is 0.351. The maximum Gasteiger partial charge on any atom is 0.131 e. The van der Waals surface area contributed by atoms with E-state index in [1.807, 2.05) is 12.1 Å². The minimum Gasteiger partial charge on any atom is -0.496 e. The quantitative estimate of drug-likeness (QED) is 0.753. The molecule has 1 atom stereocenters. The van der Waals surface area contributed by atoms with Gasteiger partial charge < -0.3 is 25.3 Å². The number of methoxy groups -OCH3 is 3. The van der Waals surface area contributed by atoms with Crippen LogP contribution in [0.25, 0.3) is 0 Å². The van der Waals surface area contributed by atoms with Crippen LogP contribution in [0.1, 0.15) is 24.4 Å². The number of nitrogens with one attached hydrogen (secondary N) is 1. The van der Waals surface area contributed by atoms with Crippen LogP contribution in [0.2, 0.25) is 0 Å². The highest BCUT2D eigenvalue weighted by Gasteiger charge is 2.24. The Morgan fingerprint density at radius 2 is 1.67 bits per heavy atom. The Hall–Kier alpha value is -1.72. The summed E-state index contributed by atoms with van der Waals surface area (Å²) in [4.78, 5) is 0. The molecule has 1 aromatic rings. The fraction of sp³-hybridized carbons (Fsp3) is 0.500. The molecular weight excluding hydrogens is 268 g/mol. The van der Waals surface area contributed by atoms with Gasteiger partial charge in [0, 0.05) is 24.7 Å². The molecule has 0 saturated heterocycles. The summed E-state index contributed by atoms with van der Waals surface area (Å²) in [5.41, 5.74) is 6.92. The summed E-state index contributed by atoms with van der Waals surface area (Å²) >= 11 is 0. The summed E-state index contributed by atoms with van der Waals surface area (Å²) in [6, 6.07) is 4.10. The molecule has 21 heavy (non-hydrogen) atoms. The first-order valence-corrected chi connectivity index (χ1v) is 7.14. The number of nitrogens with two attached hydrogens (primary N) is 1. The molecule has 0 spiro atoms. The van der Waals surface area contributed by atoms with Crippen LogP contribution in [0.5, 0.6) is 17.2 Å². The number of rotatable bonds is 7. The first kappa shape index (κ1) is 15.7. The smallest absolute Gasteiger partial charge is 0.131 e. The van der Waals surface area contributed by atoms with Crippen molar-refractivity contribution in [3.63, 3.8) is 0 Å². The topological polar surface area (TPSA) is 65.7 Å². The van der Waals surface area contributed by atoms with E-state index in [1.165, 1.54) is 0 Å². The molecule has 5 heteroatoms. The fourth-order valence-electron chi connectivity index (χ4n) is 2.68. The van der Waals surface area contributed by atoms with Crippen molar-refractivity contribution in [2.24, 2.45) is 5.73 Å². The first-order valence-electron chi connectivity index (χ1n) is 7.14. The molecule has 1 aromatic carbocycles. The molecule has 5 nitrogen and oxygen atoms in total. The predicted molar refractivity (Wildman–Crippen MR) is 83.2 cm³/mol. The molecule has 0 aromatic heterocycles. The molecule has 0 bridgehead atoms. The van der Waals surface area contributed by atoms with Crippen molar-refractivity contribution in [2.45, 2.75) is 24.9 Å². The van der Waals surface area contributed by atoms with Gasteiger partial charge in [0.1, 0.15) is 17.2 Å².